The summed E-state index contributed by atoms with van der Waals surface area (Å²) in [6.07, 6.45) is 0.958. The van der Waals surface area contributed by atoms with Crippen molar-refractivity contribution >= 4 is 23.2 Å². The van der Waals surface area contributed by atoms with E-state index in [0.717, 1.165) is 5.56 Å². The maximum atomic E-state index is 13.4. The lowest BCUT2D eigenvalue weighted by atomic mass is 9.67. The van der Waals surface area contributed by atoms with Crippen LogP contribution in [0, 0.1) is 21.4 Å². The average Bonchev–Trinajstić information content (AvgIpc) is 2.81. The molecule has 35 heavy (non-hydrogen) atoms. The molecule has 2 aromatic rings. The Balaban J connectivity index is 1.69. The summed E-state index contributed by atoms with van der Waals surface area (Å²) in [5.74, 6) is -1.26. The SMILES string of the molecule is COc1ccc(COC(=O)C2C(C)=NC3=C(C(=O)CC(C)(C)C3)[C@@H]2c2ccc([N+](=O)[O-])cc2)cc1. The van der Waals surface area contributed by atoms with E-state index in [4.69, 9.17) is 14.5 Å². The Labute approximate surface area is 203 Å². The molecule has 0 fully saturated rings. The number of hydrogen-bond donors (Lipinski definition) is 0. The maximum Gasteiger partial charge on any atom is 0.315 e. The lowest BCUT2D eigenvalue weighted by molar-refractivity contribution is -0.384. The Morgan fingerprint density at radius 2 is 1.77 bits per heavy atom. The van der Waals surface area contributed by atoms with Crippen LogP contribution < -0.4 is 4.74 Å². The number of carbonyl (C=O) groups excluding carboxylic acids is 2. The summed E-state index contributed by atoms with van der Waals surface area (Å²) in [5.41, 5.74) is 2.92. The van der Waals surface area contributed by atoms with Gasteiger partial charge < -0.3 is 9.47 Å². The minimum absolute atomic E-state index is 0.0520. The molecular formula is C27H28N2O6. The predicted octanol–water partition coefficient (Wildman–Crippen LogP) is 5.16. The Morgan fingerprint density at radius 1 is 1.11 bits per heavy atom. The Kier molecular flexibility index (Phi) is 6.56. The van der Waals surface area contributed by atoms with Crippen LogP contribution >= 0.6 is 0 Å². The van der Waals surface area contributed by atoms with E-state index >= 15 is 0 Å². The van der Waals surface area contributed by atoms with Crippen molar-refractivity contribution in [2.45, 2.75) is 46.1 Å². The molecule has 2 aromatic carbocycles. The Morgan fingerprint density at radius 3 is 2.37 bits per heavy atom. The number of hydrogen-bond acceptors (Lipinski definition) is 7. The van der Waals surface area contributed by atoms with Gasteiger partial charge in [-0.15, -0.1) is 0 Å². The van der Waals surface area contributed by atoms with Crippen LogP contribution in [0.3, 0.4) is 0 Å². The number of aliphatic imine (C=N–C) groups is 1. The van der Waals surface area contributed by atoms with E-state index in [9.17, 15) is 19.7 Å². The number of rotatable bonds is 6. The number of esters is 1. The Hall–Kier alpha value is -3.81. The van der Waals surface area contributed by atoms with Gasteiger partial charge in [-0.1, -0.05) is 38.1 Å². The molecule has 2 aliphatic rings. The normalized spacial score (nSPS) is 21.1. The molecule has 0 N–H and O–H groups in total. The highest BCUT2D eigenvalue weighted by Crippen LogP contribution is 2.48. The van der Waals surface area contributed by atoms with Crippen LogP contribution in [0.4, 0.5) is 5.69 Å². The molecule has 0 saturated heterocycles. The first-order chi connectivity index (χ1) is 16.6. The van der Waals surface area contributed by atoms with Gasteiger partial charge in [-0.2, -0.15) is 0 Å². The number of carbonyl (C=O) groups is 2. The molecule has 1 aliphatic carbocycles. The summed E-state index contributed by atoms with van der Waals surface area (Å²) in [6.45, 7) is 5.88. The van der Waals surface area contributed by atoms with Crippen molar-refractivity contribution in [1.29, 1.82) is 0 Å². The van der Waals surface area contributed by atoms with Crippen molar-refractivity contribution < 1.29 is 24.0 Å². The minimum atomic E-state index is -0.807. The molecule has 2 atom stereocenters. The van der Waals surface area contributed by atoms with Crippen LogP contribution in [0.5, 0.6) is 5.75 Å². The van der Waals surface area contributed by atoms with Gasteiger partial charge in [0, 0.05) is 41.5 Å². The van der Waals surface area contributed by atoms with Gasteiger partial charge in [-0.05, 0) is 42.0 Å². The molecule has 8 nitrogen and oxygen atoms in total. The zero-order chi connectivity index (χ0) is 25.3. The zero-order valence-corrected chi connectivity index (χ0v) is 20.2. The van der Waals surface area contributed by atoms with E-state index in [1.165, 1.54) is 12.1 Å². The number of Topliss-reactive ketones (excluding diaryl/α,β-unsaturated/α-hetero) is 1. The number of methoxy groups -OCH3 is 1. The van der Waals surface area contributed by atoms with Crippen molar-refractivity contribution in [3.63, 3.8) is 0 Å². The summed E-state index contributed by atoms with van der Waals surface area (Å²) >= 11 is 0. The fraction of sp³-hybridized carbons (Fsp3) is 0.370. The molecule has 182 valence electrons. The summed E-state index contributed by atoms with van der Waals surface area (Å²) in [5, 5.41) is 11.2. The Bertz CT molecular complexity index is 1230. The third kappa shape index (κ3) is 5.01. The minimum Gasteiger partial charge on any atom is -0.497 e. The van der Waals surface area contributed by atoms with Crippen LogP contribution in [0.1, 0.15) is 50.7 Å². The molecule has 0 saturated carbocycles. The van der Waals surface area contributed by atoms with Gasteiger partial charge in [0.15, 0.2) is 5.78 Å². The van der Waals surface area contributed by atoms with E-state index in [1.54, 1.807) is 38.3 Å². The molecule has 1 aliphatic heterocycles. The molecule has 1 unspecified atom stereocenters. The van der Waals surface area contributed by atoms with Crippen LogP contribution in [0.15, 0.2) is 64.8 Å². The van der Waals surface area contributed by atoms with Gasteiger partial charge in [0.25, 0.3) is 5.69 Å². The first-order valence-corrected chi connectivity index (χ1v) is 11.4. The van der Waals surface area contributed by atoms with Crippen molar-refractivity contribution in [3.8, 4) is 5.75 Å². The van der Waals surface area contributed by atoms with Crippen molar-refractivity contribution in [3.05, 3.63) is 81.0 Å². The summed E-state index contributed by atoms with van der Waals surface area (Å²) < 4.78 is 10.8. The summed E-state index contributed by atoms with van der Waals surface area (Å²) in [7, 11) is 1.58. The highest BCUT2D eigenvalue weighted by atomic mass is 16.6. The number of non-ortho nitro benzene ring substituents is 1. The lowest BCUT2D eigenvalue weighted by Gasteiger charge is -2.39. The molecular weight excluding hydrogens is 448 g/mol. The van der Waals surface area contributed by atoms with E-state index in [0.29, 0.717) is 41.1 Å². The third-order valence-electron chi connectivity index (χ3n) is 6.56. The number of allylic oxidation sites excluding steroid dienone is 2. The molecule has 1 heterocycles. The lowest BCUT2D eigenvalue weighted by Crippen LogP contribution is -2.39. The number of benzene rings is 2. The fourth-order valence-corrected chi connectivity index (χ4v) is 4.88. The van der Waals surface area contributed by atoms with Crippen LogP contribution in [-0.4, -0.2) is 29.5 Å². The fourth-order valence-electron chi connectivity index (χ4n) is 4.88. The molecule has 0 radical (unpaired) electrons. The van der Waals surface area contributed by atoms with Crippen molar-refractivity contribution in [2.24, 2.45) is 16.3 Å². The summed E-state index contributed by atoms with van der Waals surface area (Å²) in [6, 6.07) is 13.2. The quantitative estimate of drug-likeness (QED) is 0.324. The van der Waals surface area contributed by atoms with Crippen molar-refractivity contribution in [2.75, 3.05) is 7.11 Å². The van der Waals surface area contributed by atoms with Gasteiger partial charge in [0.2, 0.25) is 0 Å². The third-order valence-corrected chi connectivity index (χ3v) is 6.56. The topological polar surface area (TPSA) is 108 Å². The van der Waals surface area contributed by atoms with Crippen LogP contribution in [0.2, 0.25) is 0 Å². The second-order valence-corrected chi connectivity index (χ2v) is 9.81. The van der Waals surface area contributed by atoms with Crippen LogP contribution in [0.25, 0.3) is 0 Å². The first kappa shape index (κ1) is 24.3. The number of nitrogens with zero attached hydrogens (tertiary/aromatic N) is 2. The highest BCUT2D eigenvalue weighted by Gasteiger charge is 2.46. The van der Waals surface area contributed by atoms with E-state index in [1.807, 2.05) is 26.0 Å². The standard InChI is InChI=1S/C27H28N2O6/c1-16-23(26(31)35-15-17-5-11-20(34-4)12-6-17)24(18-7-9-19(10-8-18)29(32)33)25-21(28-16)13-27(2,3)14-22(25)30/h5-12,23-24H,13-15H2,1-4H3/t23?,24-/m1/s1. The molecule has 0 spiro atoms. The van der Waals surface area contributed by atoms with Gasteiger partial charge in [-0.3, -0.25) is 24.7 Å². The predicted molar refractivity (Wildman–Crippen MR) is 130 cm³/mol. The molecule has 0 bridgehead atoms. The monoisotopic (exact) mass is 476 g/mol. The number of nitro groups is 1. The molecule has 0 amide bonds. The number of ether oxygens (including phenoxy) is 2. The molecule has 8 heteroatoms. The molecule has 0 aromatic heterocycles. The first-order valence-electron chi connectivity index (χ1n) is 11.4. The van der Waals surface area contributed by atoms with E-state index in [2.05, 4.69) is 0 Å². The average molecular weight is 477 g/mol. The zero-order valence-electron chi connectivity index (χ0n) is 20.2. The van der Waals surface area contributed by atoms with E-state index < -0.39 is 22.7 Å². The second-order valence-electron chi connectivity index (χ2n) is 9.81. The second kappa shape index (κ2) is 9.44. The largest absolute Gasteiger partial charge is 0.497 e. The van der Waals surface area contributed by atoms with Gasteiger partial charge in [-0.25, -0.2) is 0 Å². The van der Waals surface area contributed by atoms with Gasteiger partial charge in [0.1, 0.15) is 18.3 Å². The molecule has 4 rings (SSSR count). The van der Waals surface area contributed by atoms with E-state index in [-0.39, 0.29) is 23.5 Å². The highest BCUT2D eigenvalue weighted by molar-refractivity contribution is 6.09. The van der Waals surface area contributed by atoms with Gasteiger partial charge >= 0.3 is 5.97 Å². The summed E-state index contributed by atoms with van der Waals surface area (Å²) in [4.78, 5) is 42.1. The maximum absolute atomic E-state index is 13.4. The van der Waals surface area contributed by atoms with Gasteiger partial charge in [0.05, 0.1) is 12.0 Å². The number of ketones is 1. The number of nitro benzene ring substituents is 1. The smallest absolute Gasteiger partial charge is 0.315 e. The van der Waals surface area contributed by atoms with Crippen LogP contribution in [-0.2, 0) is 20.9 Å². The van der Waals surface area contributed by atoms with Crippen molar-refractivity contribution in [1.82, 2.24) is 0 Å².